The van der Waals surface area contributed by atoms with Crippen LogP contribution >= 0.6 is 0 Å². The normalized spacial score (nSPS) is 11.5. The van der Waals surface area contributed by atoms with Gasteiger partial charge in [-0.3, -0.25) is 4.79 Å². The second-order valence-corrected chi connectivity index (χ2v) is 9.05. The van der Waals surface area contributed by atoms with Crippen LogP contribution in [0.2, 0.25) is 0 Å². The van der Waals surface area contributed by atoms with Crippen molar-refractivity contribution < 1.29 is 9.53 Å². The molecule has 5 heteroatoms. The molecule has 1 N–H and O–H groups in total. The van der Waals surface area contributed by atoms with E-state index in [9.17, 15) is 4.79 Å². The summed E-state index contributed by atoms with van der Waals surface area (Å²) < 4.78 is 5.41. The lowest BCUT2D eigenvalue weighted by atomic mass is 10.1. The first-order valence-corrected chi connectivity index (χ1v) is 13.3. The maximum atomic E-state index is 11.9. The molecule has 0 aliphatic carbocycles. The Labute approximate surface area is 194 Å². The minimum absolute atomic E-state index is 0.0406. The highest BCUT2D eigenvalue weighted by Gasteiger charge is 2.07. The van der Waals surface area contributed by atoms with E-state index in [4.69, 9.17) is 4.74 Å². The zero-order chi connectivity index (χ0) is 23.0. The fourth-order valence-electron chi connectivity index (χ4n) is 3.89. The molecule has 0 atom stereocenters. The van der Waals surface area contributed by atoms with Crippen LogP contribution in [-0.2, 0) is 9.53 Å². The topological polar surface area (TPSA) is 44.8 Å². The molecule has 0 aromatic carbocycles. The highest BCUT2D eigenvalue weighted by atomic mass is 16.5. The van der Waals surface area contributed by atoms with Crippen LogP contribution in [0, 0.1) is 0 Å². The molecule has 0 aliphatic heterocycles. The number of unbranched alkanes of at least 4 members (excludes halogenated alkanes) is 10. The van der Waals surface area contributed by atoms with Crippen molar-refractivity contribution in [1.29, 1.82) is 0 Å². The third-order valence-electron chi connectivity index (χ3n) is 6.07. The Hall–Kier alpha value is -0.650. The van der Waals surface area contributed by atoms with Crippen molar-refractivity contribution in [3.63, 3.8) is 0 Å². The molecule has 0 aliphatic rings. The van der Waals surface area contributed by atoms with Gasteiger partial charge in [0.2, 0.25) is 0 Å². The van der Waals surface area contributed by atoms with Crippen LogP contribution in [0.4, 0.5) is 0 Å². The van der Waals surface area contributed by atoms with E-state index < -0.39 is 0 Å². The van der Waals surface area contributed by atoms with Crippen molar-refractivity contribution in [1.82, 2.24) is 15.1 Å². The van der Waals surface area contributed by atoms with Gasteiger partial charge in [-0.1, -0.05) is 78.1 Å². The van der Waals surface area contributed by atoms with Gasteiger partial charge in [0.25, 0.3) is 0 Å². The van der Waals surface area contributed by atoms with E-state index >= 15 is 0 Å². The molecule has 0 unspecified atom stereocenters. The molecule has 0 radical (unpaired) electrons. The van der Waals surface area contributed by atoms with Crippen LogP contribution in [0.5, 0.6) is 0 Å². The van der Waals surface area contributed by atoms with Crippen molar-refractivity contribution >= 4 is 5.97 Å². The standard InChI is InChI=1S/C26H55N3O2/c1-5-7-8-9-10-11-12-13-14-15-16-25-31-26(30)19-24-28(4)21-18-23-29(6-2)22-17-20-27-3/h27H,5-25H2,1-4H3. The summed E-state index contributed by atoms with van der Waals surface area (Å²) in [6, 6.07) is 0. The van der Waals surface area contributed by atoms with Crippen molar-refractivity contribution in [3.05, 3.63) is 0 Å². The fraction of sp³-hybridized carbons (Fsp3) is 0.962. The predicted octanol–water partition coefficient (Wildman–Crippen LogP) is 5.48. The Kier molecular flexibility index (Phi) is 23.5. The van der Waals surface area contributed by atoms with Crippen LogP contribution in [0.3, 0.4) is 0 Å². The number of nitrogens with one attached hydrogen (secondary N) is 1. The number of hydrogen-bond acceptors (Lipinski definition) is 5. The highest BCUT2D eigenvalue weighted by molar-refractivity contribution is 5.69. The number of carbonyl (C=O) groups excluding carboxylic acids is 1. The van der Waals surface area contributed by atoms with Gasteiger partial charge in [-0.2, -0.15) is 0 Å². The number of esters is 1. The van der Waals surface area contributed by atoms with E-state index in [1.54, 1.807) is 0 Å². The highest BCUT2D eigenvalue weighted by Crippen LogP contribution is 2.11. The van der Waals surface area contributed by atoms with Gasteiger partial charge >= 0.3 is 5.97 Å². The minimum Gasteiger partial charge on any atom is -0.466 e. The summed E-state index contributed by atoms with van der Waals surface area (Å²) in [5.41, 5.74) is 0. The first-order chi connectivity index (χ1) is 15.1. The lowest BCUT2D eigenvalue weighted by Crippen LogP contribution is -2.31. The Morgan fingerprint density at radius 1 is 0.742 bits per heavy atom. The molecule has 0 rings (SSSR count). The monoisotopic (exact) mass is 441 g/mol. The van der Waals surface area contributed by atoms with Crippen LogP contribution in [0.25, 0.3) is 0 Å². The summed E-state index contributed by atoms with van der Waals surface area (Å²) in [5, 5.41) is 3.21. The van der Waals surface area contributed by atoms with Gasteiger partial charge in [-0.05, 0) is 66.1 Å². The Bertz CT molecular complexity index is 380. The number of hydrogen-bond donors (Lipinski definition) is 1. The summed E-state index contributed by atoms with van der Waals surface area (Å²) in [5.74, 6) is -0.0406. The largest absolute Gasteiger partial charge is 0.466 e. The average Bonchev–Trinajstić information content (AvgIpc) is 2.77. The molecular formula is C26H55N3O2. The third kappa shape index (κ3) is 22.3. The van der Waals surface area contributed by atoms with Crippen molar-refractivity contribution in [2.75, 3.05) is 60.0 Å². The van der Waals surface area contributed by atoms with Gasteiger partial charge in [-0.15, -0.1) is 0 Å². The maximum absolute atomic E-state index is 11.9. The SMILES string of the molecule is CCCCCCCCCCCCCOC(=O)CCN(C)CCCN(CC)CCCNC. The van der Waals surface area contributed by atoms with E-state index in [0.717, 1.165) is 52.1 Å². The summed E-state index contributed by atoms with van der Waals surface area (Å²) >= 11 is 0. The molecule has 0 fully saturated rings. The summed E-state index contributed by atoms with van der Waals surface area (Å²) in [4.78, 5) is 16.7. The molecule has 0 aromatic rings. The molecule has 0 heterocycles. The Morgan fingerprint density at radius 2 is 1.32 bits per heavy atom. The Balaban J connectivity index is 3.46. The predicted molar refractivity (Wildman–Crippen MR) is 135 cm³/mol. The van der Waals surface area contributed by atoms with E-state index in [1.807, 2.05) is 7.05 Å². The number of rotatable bonds is 24. The molecule has 186 valence electrons. The van der Waals surface area contributed by atoms with Crippen LogP contribution in [0.1, 0.15) is 104 Å². The quantitative estimate of drug-likeness (QED) is 0.159. The van der Waals surface area contributed by atoms with Gasteiger partial charge in [0.05, 0.1) is 13.0 Å². The summed E-state index contributed by atoms with van der Waals surface area (Å²) in [6.07, 6.45) is 17.4. The van der Waals surface area contributed by atoms with Crippen LogP contribution in [0.15, 0.2) is 0 Å². The molecule has 0 spiro atoms. The smallest absolute Gasteiger partial charge is 0.307 e. The minimum atomic E-state index is -0.0406. The van der Waals surface area contributed by atoms with Gasteiger partial charge in [0, 0.05) is 6.54 Å². The second kappa shape index (κ2) is 24.0. The zero-order valence-corrected chi connectivity index (χ0v) is 21.6. The Morgan fingerprint density at radius 3 is 1.90 bits per heavy atom. The van der Waals surface area contributed by atoms with E-state index in [-0.39, 0.29) is 5.97 Å². The molecule has 0 aromatic heterocycles. The van der Waals surface area contributed by atoms with E-state index in [1.165, 1.54) is 70.6 Å². The molecule has 0 bridgehead atoms. The second-order valence-electron chi connectivity index (χ2n) is 9.05. The van der Waals surface area contributed by atoms with Crippen LogP contribution < -0.4 is 5.32 Å². The number of ether oxygens (including phenoxy) is 1. The molecule has 0 amide bonds. The number of carbonyl (C=O) groups is 1. The molecule has 0 saturated carbocycles. The first kappa shape index (κ1) is 30.4. The van der Waals surface area contributed by atoms with Crippen molar-refractivity contribution in [3.8, 4) is 0 Å². The van der Waals surface area contributed by atoms with Crippen molar-refractivity contribution in [2.24, 2.45) is 0 Å². The van der Waals surface area contributed by atoms with E-state index in [2.05, 4.69) is 36.0 Å². The lowest BCUT2D eigenvalue weighted by Gasteiger charge is -2.22. The van der Waals surface area contributed by atoms with Gasteiger partial charge < -0.3 is 19.9 Å². The lowest BCUT2D eigenvalue weighted by molar-refractivity contribution is -0.144. The summed E-state index contributed by atoms with van der Waals surface area (Å²) in [7, 11) is 4.11. The van der Waals surface area contributed by atoms with Crippen LogP contribution in [-0.4, -0.2) is 75.7 Å². The van der Waals surface area contributed by atoms with Gasteiger partial charge in [0.1, 0.15) is 0 Å². The zero-order valence-electron chi connectivity index (χ0n) is 21.6. The molecule has 31 heavy (non-hydrogen) atoms. The fourth-order valence-corrected chi connectivity index (χ4v) is 3.89. The summed E-state index contributed by atoms with van der Waals surface area (Å²) in [6.45, 7) is 11.4. The molecule has 5 nitrogen and oxygen atoms in total. The van der Waals surface area contributed by atoms with Gasteiger partial charge in [-0.25, -0.2) is 0 Å². The van der Waals surface area contributed by atoms with Crippen molar-refractivity contribution in [2.45, 2.75) is 104 Å². The molecular weight excluding hydrogens is 386 g/mol. The molecule has 0 saturated heterocycles. The number of nitrogens with zero attached hydrogens (tertiary/aromatic N) is 2. The van der Waals surface area contributed by atoms with Gasteiger partial charge in [0.15, 0.2) is 0 Å². The maximum Gasteiger partial charge on any atom is 0.307 e. The average molecular weight is 442 g/mol. The third-order valence-corrected chi connectivity index (χ3v) is 6.07. The first-order valence-electron chi connectivity index (χ1n) is 13.3. The van der Waals surface area contributed by atoms with E-state index in [0.29, 0.717) is 13.0 Å².